The van der Waals surface area contributed by atoms with Crippen LogP contribution in [0.2, 0.25) is 0 Å². The molecule has 0 aliphatic carbocycles. The van der Waals surface area contributed by atoms with Crippen molar-refractivity contribution in [3.05, 3.63) is 106 Å². The topological polar surface area (TPSA) is 191 Å². The van der Waals surface area contributed by atoms with E-state index in [1.54, 1.807) is 18.2 Å². The number of nitrogens with one attached hydrogen (secondary N) is 6. The zero-order valence-electron chi connectivity index (χ0n) is 29.0. The minimum Gasteiger partial charge on any atom is -0.350 e. The predicted molar refractivity (Wildman–Crippen MR) is 207 cm³/mol. The highest BCUT2D eigenvalue weighted by Crippen LogP contribution is 2.14. The van der Waals surface area contributed by atoms with E-state index in [9.17, 15) is 24.0 Å². The zero-order valence-corrected chi connectivity index (χ0v) is 31.2. The molecule has 1 heterocycles. The lowest BCUT2D eigenvalue weighted by Crippen LogP contribution is -2.57. The van der Waals surface area contributed by atoms with Gasteiger partial charge in [-0.25, -0.2) is 4.79 Å². The van der Waals surface area contributed by atoms with Crippen LogP contribution in [-0.4, -0.2) is 62.2 Å². The van der Waals surface area contributed by atoms with Crippen molar-refractivity contribution >= 4 is 57.3 Å². The molecule has 0 bridgehead atoms. The molecule has 0 saturated carbocycles. The van der Waals surface area contributed by atoms with E-state index in [4.69, 9.17) is 5.73 Å². The number of aromatic amines is 2. The highest BCUT2D eigenvalue weighted by Gasteiger charge is 2.31. The highest BCUT2D eigenvalue weighted by atomic mass is 127. The predicted octanol–water partition coefficient (Wildman–Crippen LogP) is 3.39. The summed E-state index contributed by atoms with van der Waals surface area (Å²) in [7, 11) is 0. The summed E-state index contributed by atoms with van der Waals surface area (Å²) in [5, 5.41) is 11.6. The van der Waals surface area contributed by atoms with Crippen LogP contribution < -0.4 is 32.7 Å². The first-order valence-electron chi connectivity index (χ1n) is 17.3. The Balaban J connectivity index is 1.46. The number of imidazole rings is 1. The van der Waals surface area contributed by atoms with Crippen LogP contribution in [0, 0.1) is 5.92 Å². The number of hydrogen-bond acceptors (Lipinski definition) is 6. The van der Waals surface area contributed by atoms with Crippen LogP contribution in [-0.2, 0) is 38.6 Å². The SMILES string of the molecule is CC(C)C[C@@H](NC(=O)[C@@H](Cc1ccccc1)NC(=O)[C@H](I)Cc1ccccc1)C(=O)N[C@H](CCCCN)C(=O)NCc1ccc2[nH]c(=O)[nH]c2c1. The number of amides is 4. The standard InChI is InChI=1S/C38H48IN7O5/c1-24(2)19-32(36(49)42-30(15-9-10-18-40)35(48)41-23-27-16-17-29-31(22-27)46-38(51)45-29)44-37(50)33(21-26-13-7-4-8-14-26)43-34(47)28(39)20-25-11-5-3-6-12-25/h3-8,11-14,16-17,22,24,28,30,32-33H,9-10,15,18-21,23,40H2,1-2H3,(H,41,48)(H,42,49)(H,43,47)(H,44,50)(H2,45,46,51)/t28-,30-,32-,33-/m1/s1. The summed E-state index contributed by atoms with van der Waals surface area (Å²) < 4.78 is -0.425. The zero-order chi connectivity index (χ0) is 36.8. The first-order chi connectivity index (χ1) is 24.5. The number of benzene rings is 3. The number of hydrogen-bond donors (Lipinski definition) is 7. The first-order valence-corrected chi connectivity index (χ1v) is 18.6. The van der Waals surface area contributed by atoms with Crippen LogP contribution in [0.3, 0.4) is 0 Å². The van der Waals surface area contributed by atoms with Crippen LogP contribution in [0.25, 0.3) is 11.0 Å². The molecule has 0 radical (unpaired) electrons. The molecule has 4 aromatic rings. The number of unbranched alkanes of at least 4 members (excludes halogenated alkanes) is 1. The Hall–Kier alpha value is -4.50. The van der Waals surface area contributed by atoms with Crippen molar-refractivity contribution in [3.63, 3.8) is 0 Å². The Bertz CT molecular complexity index is 1790. The van der Waals surface area contributed by atoms with Gasteiger partial charge in [0.2, 0.25) is 23.6 Å². The van der Waals surface area contributed by atoms with Crippen molar-refractivity contribution in [1.82, 2.24) is 31.2 Å². The Morgan fingerprint density at radius 1 is 0.686 bits per heavy atom. The fourth-order valence-corrected chi connectivity index (χ4v) is 6.43. The van der Waals surface area contributed by atoms with Gasteiger partial charge in [-0.15, -0.1) is 0 Å². The molecule has 3 aromatic carbocycles. The summed E-state index contributed by atoms with van der Waals surface area (Å²) in [5.41, 5.74) is 9.31. The Kier molecular flexibility index (Phi) is 15.2. The number of aromatic nitrogens is 2. The number of rotatable bonds is 19. The van der Waals surface area contributed by atoms with Gasteiger partial charge >= 0.3 is 5.69 Å². The second-order valence-corrected chi connectivity index (χ2v) is 14.6. The lowest BCUT2D eigenvalue weighted by Gasteiger charge is -2.27. The van der Waals surface area contributed by atoms with Gasteiger partial charge in [0, 0.05) is 13.0 Å². The molecule has 51 heavy (non-hydrogen) atoms. The molecule has 4 rings (SSSR count). The maximum absolute atomic E-state index is 13.9. The maximum atomic E-state index is 13.9. The summed E-state index contributed by atoms with van der Waals surface area (Å²) in [6, 6.07) is 21.6. The van der Waals surface area contributed by atoms with Crippen LogP contribution in [0.5, 0.6) is 0 Å². The number of carbonyl (C=O) groups excluding carboxylic acids is 4. The molecule has 272 valence electrons. The second kappa shape index (κ2) is 19.8. The van der Waals surface area contributed by atoms with E-state index in [1.165, 1.54) is 0 Å². The van der Waals surface area contributed by atoms with Crippen molar-refractivity contribution < 1.29 is 19.2 Å². The summed E-state index contributed by atoms with van der Waals surface area (Å²) in [6.45, 7) is 4.52. The number of H-pyrrole nitrogens is 2. The summed E-state index contributed by atoms with van der Waals surface area (Å²) >= 11 is 2.09. The van der Waals surface area contributed by atoms with Crippen molar-refractivity contribution in [3.8, 4) is 0 Å². The fourth-order valence-electron chi connectivity index (χ4n) is 5.75. The normalized spacial score (nSPS) is 13.6. The number of halogens is 1. The third-order valence-electron chi connectivity index (χ3n) is 8.42. The molecule has 0 spiro atoms. The molecule has 1 aromatic heterocycles. The smallest absolute Gasteiger partial charge is 0.323 e. The van der Waals surface area contributed by atoms with E-state index < -0.39 is 33.9 Å². The average Bonchev–Trinajstić information content (AvgIpc) is 3.49. The number of carbonyl (C=O) groups is 4. The third kappa shape index (κ3) is 12.6. The molecule has 4 atom stereocenters. The van der Waals surface area contributed by atoms with Crippen molar-refractivity contribution in [1.29, 1.82) is 0 Å². The molecule has 12 nitrogen and oxygen atoms in total. The molecule has 0 aliphatic rings. The van der Waals surface area contributed by atoms with Gasteiger partial charge < -0.3 is 37.0 Å². The highest BCUT2D eigenvalue weighted by molar-refractivity contribution is 14.1. The quantitative estimate of drug-likeness (QED) is 0.0432. The van der Waals surface area contributed by atoms with Crippen molar-refractivity contribution in [2.75, 3.05) is 6.54 Å². The first kappa shape index (κ1) is 39.3. The van der Waals surface area contributed by atoms with E-state index in [0.717, 1.165) is 16.7 Å². The van der Waals surface area contributed by atoms with Crippen molar-refractivity contribution in [2.45, 2.75) is 81.0 Å². The van der Waals surface area contributed by atoms with Gasteiger partial charge in [-0.2, -0.15) is 0 Å². The van der Waals surface area contributed by atoms with Gasteiger partial charge in [-0.1, -0.05) is 103 Å². The molecule has 4 amide bonds. The molecule has 8 N–H and O–H groups in total. The third-order valence-corrected chi connectivity index (χ3v) is 9.43. The van der Waals surface area contributed by atoms with Crippen LogP contribution in [0.15, 0.2) is 83.7 Å². The largest absolute Gasteiger partial charge is 0.350 e. The van der Waals surface area contributed by atoms with E-state index in [0.29, 0.717) is 49.7 Å². The number of nitrogens with two attached hydrogens (primary N) is 1. The summed E-state index contributed by atoms with van der Waals surface area (Å²) in [5.74, 6) is -1.60. The van der Waals surface area contributed by atoms with Gasteiger partial charge in [-0.05, 0) is 73.4 Å². The van der Waals surface area contributed by atoms with E-state index in [2.05, 4.69) is 53.8 Å². The fraction of sp³-hybridized carbons (Fsp3) is 0.395. The van der Waals surface area contributed by atoms with Gasteiger partial charge in [0.1, 0.15) is 18.1 Å². The molecule has 0 unspecified atom stereocenters. The lowest BCUT2D eigenvalue weighted by atomic mass is 10.00. The minimum atomic E-state index is -0.954. The van der Waals surface area contributed by atoms with Gasteiger partial charge in [0.15, 0.2) is 0 Å². The molecule has 13 heteroatoms. The number of alkyl halides is 1. The molecule has 0 saturated heterocycles. The Morgan fingerprint density at radius 3 is 1.92 bits per heavy atom. The molecule has 0 aliphatic heterocycles. The Labute approximate surface area is 311 Å². The average molecular weight is 810 g/mol. The molecular formula is C38H48IN7O5. The Morgan fingerprint density at radius 2 is 1.27 bits per heavy atom. The van der Waals surface area contributed by atoms with Gasteiger partial charge in [-0.3, -0.25) is 19.2 Å². The van der Waals surface area contributed by atoms with E-state index in [1.807, 2.05) is 74.5 Å². The van der Waals surface area contributed by atoms with Crippen LogP contribution in [0.1, 0.15) is 56.2 Å². The maximum Gasteiger partial charge on any atom is 0.323 e. The van der Waals surface area contributed by atoms with E-state index in [-0.39, 0.29) is 36.4 Å². The second-order valence-electron chi connectivity index (χ2n) is 13.1. The monoisotopic (exact) mass is 809 g/mol. The van der Waals surface area contributed by atoms with Crippen LogP contribution in [0.4, 0.5) is 0 Å². The minimum absolute atomic E-state index is 0.0344. The number of fused-ring (bicyclic) bond motifs is 1. The summed E-state index contributed by atoms with van der Waals surface area (Å²) in [4.78, 5) is 71.6. The lowest BCUT2D eigenvalue weighted by molar-refractivity contribution is -0.134. The van der Waals surface area contributed by atoms with Gasteiger partial charge in [0.05, 0.1) is 15.0 Å². The van der Waals surface area contributed by atoms with Gasteiger partial charge in [0.25, 0.3) is 0 Å². The molecular weight excluding hydrogens is 761 g/mol. The van der Waals surface area contributed by atoms with Crippen molar-refractivity contribution in [2.24, 2.45) is 11.7 Å². The van der Waals surface area contributed by atoms with E-state index >= 15 is 0 Å². The summed E-state index contributed by atoms with van der Waals surface area (Å²) in [6.07, 6.45) is 2.68. The molecule has 0 fully saturated rings. The van der Waals surface area contributed by atoms with Crippen LogP contribution >= 0.6 is 22.6 Å².